The largest absolute Gasteiger partial charge is 0.621 e. The van der Waals surface area contributed by atoms with Crippen molar-refractivity contribution in [3.8, 4) is 0 Å². The van der Waals surface area contributed by atoms with Crippen molar-refractivity contribution in [3.05, 3.63) is 52.8 Å². The highest BCUT2D eigenvalue weighted by Gasteiger charge is 2.25. The van der Waals surface area contributed by atoms with Crippen molar-refractivity contribution in [2.75, 3.05) is 14.2 Å². The summed E-state index contributed by atoms with van der Waals surface area (Å²) in [4.78, 5) is 27.5. The molecule has 1 aromatic carbocycles. The molecule has 1 rings (SSSR count). The molecule has 0 aliphatic rings. The molecule has 0 amide bonds. The summed E-state index contributed by atoms with van der Waals surface area (Å²) in [7, 11) is 2.19. The Bertz CT molecular complexity index is 604. The monoisotopic (exact) mass is 323 g/mol. The number of carbonyl (C=O) groups is 2. The average Bonchev–Trinajstić information content (AvgIpc) is 2.60. The van der Waals surface area contributed by atoms with E-state index in [0.717, 1.165) is 20.3 Å². The molecule has 0 bridgehead atoms. The summed E-state index contributed by atoms with van der Waals surface area (Å²) in [5, 5.41) is 21.0. The number of hydrogen-bond donors (Lipinski definition) is 1. The Morgan fingerprint density at radius 2 is 1.70 bits per heavy atom. The Morgan fingerprint density at radius 3 is 2.13 bits per heavy atom. The van der Waals surface area contributed by atoms with Crippen LogP contribution in [0.25, 0.3) is 0 Å². The zero-order chi connectivity index (χ0) is 17.4. The number of allylic oxidation sites excluding steroid dienone is 1. The van der Waals surface area contributed by atoms with E-state index in [9.17, 15) is 14.8 Å². The zero-order valence-electron chi connectivity index (χ0n) is 12.9. The van der Waals surface area contributed by atoms with Crippen LogP contribution in [0.1, 0.15) is 12.5 Å². The van der Waals surface area contributed by atoms with Gasteiger partial charge in [0.15, 0.2) is 5.57 Å². The summed E-state index contributed by atoms with van der Waals surface area (Å²) < 4.78 is 9.34. The van der Waals surface area contributed by atoms with E-state index in [0.29, 0.717) is 10.3 Å². The molecule has 0 spiro atoms. The van der Waals surface area contributed by atoms with E-state index in [1.165, 1.54) is 6.92 Å². The van der Waals surface area contributed by atoms with Gasteiger partial charge in [-0.3, -0.25) is 0 Å². The van der Waals surface area contributed by atoms with Gasteiger partial charge in [0.05, 0.1) is 14.2 Å². The van der Waals surface area contributed by atoms with Crippen molar-refractivity contribution in [2.24, 2.45) is 0 Å². The lowest BCUT2D eigenvalue weighted by Crippen LogP contribution is -2.28. The highest BCUT2D eigenvalue weighted by molar-refractivity contribution is 6.20. The molecular formula is C15H17NO7. The minimum Gasteiger partial charge on any atom is -0.621 e. The van der Waals surface area contributed by atoms with E-state index in [2.05, 4.69) is 14.4 Å². The minimum atomic E-state index is -1.27. The molecule has 0 fully saturated rings. The van der Waals surface area contributed by atoms with Crippen molar-refractivity contribution in [1.82, 2.24) is 0 Å². The molecule has 8 heteroatoms. The maximum absolute atomic E-state index is 12.3. The first-order valence-corrected chi connectivity index (χ1v) is 6.53. The Morgan fingerprint density at radius 1 is 1.17 bits per heavy atom. The van der Waals surface area contributed by atoms with Crippen LogP contribution >= 0.6 is 0 Å². The molecule has 23 heavy (non-hydrogen) atoms. The number of rotatable bonds is 6. The summed E-state index contributed by atoms with van der Waals surface area (Å²) >= 11 is 0. The van der Waals surface area contributed by atoms with Gasteiger partial charge < -0.3 is 14.7 Å². The van der Waals surface area contributed by atoms with Crippen molar-refractivity contribution < 1.29 is 33.9 Å². The topological polar surface area (TPSA) is 108 Å². The van der Waals surface area contributed by atoms with Crippen LogP contribution in [0, 0.1) is 5.21 Å². The van der Waals surface area contributed by atoms with E-state index < -0.39 is 23.7 Å². The summed E-state index contributed by atoms with van der Waals surface area (Å²) in [6.07, 6.45) is -0.242. The molecule has 0 radical (unpaired) electrons. The molecule has 124 valence electrons. The molecule has 1 unspecified atom stereocenters. The number of carbonyl (C=O) groups excluding carboxylic acids is 2. The predicted molar refractivity (Wildman–Crippen MR) is 79.5 cm³/mol. The third-order valence-electron chi connectivity index (χ3n) is 2.88. The Hall–Kier alpha value is -2.71. The summed E-state index contributed by atoms with van der Waals surface area (Å²) in [5.74, 6) is -1.92. The van der Waals surface area contributed by atoms with Gasteiger partial charge in [-0.25, -0.2) is 14.8 Å². The first-order valence-electron chi connectivity index (χ1n) is 6.53. The second-order valence-corrected chi connectivity index (χ2v) is 4.32. The number of methoxy groups -OCH3 is 2. The fraction of sp³-hybridized carbons (Fsp3) is 0.267. The van der Waals surface area contributed by atoms with Crippen molar-refractivity contribution in [1.29, 1.82) is 0 Å². The Kier molecular flexibility index (Phi) is 6.91. The molecule has 1 N–H and O–H groups in total. The van der Waals surface area contributed by atoms with Gasteiger partial charge in [-0.1, -0.05) is 18.2 Å². The fourth-order valence-electron chi connectivity index (χ4n) is 1.68. The number of hydrogen-bond acceptors (Lipinski definition) is 7. The van der Waals surface area contributed by atoms with Crippen LogP contribution in [0.5, 0.6) is 0 Å². The smallest absolute Gasteiger partial charge is 0.345 e. The van der Waals surface area contributed by atoms with Gasteiger partial charge in [0.25, 0.3) is 6.23 Å². The summed E-state index contributed by atoms with van der Waals surface area (Å²) in [6.45, 7) is 1.29. The first-order chi connectivity index (χ1) is 11.0. The van der Waals surface area contributed by atoms with Gasteiger partial charge in [-0.2, -0.15) is 9.63 Å². The summed E-state index contributed by atoms with van der Waals surface area (Å²) in [5.41, 5.74) is -0.158. The molecule has 0 heterocycles. The molecule has 0 aliphatic carbocycles. The number of nitrogens with zero attached hydrogens (tertiary/aromatic N) is 1. The van der Waals surface area contributed by atoms with Crippen LogP contribution in [0.4, 0.5) is 0 Å². The van der Waals surface area contributed by atoms with E-state index in [4.69, 9.17) is 5.26 Å². The molecule has 0 saturated carbocycles. The summed E-state index contributed by atoms with van der Waals surface area (Å²) in [6, 6.07) is 8.24. The van der Waals surface area contributed by atoms with Gasteiger partial charge in [0, 0.05) is 18.6 Å². The second-order valence-electron chi connectivity index (χ2n) is 4.32. The van der Waals surface area contributed by atoms with E-state index in [-0.39, 0.29) is 5.71 Å². The van der Waals surface area contributed by atoms with E-state index in [1.54, 1.807) is 30.3 Å². The fourth-order valence-corrected chi connectivity index (χ4v) is 1.68. The lowest BCUT2D eigenvalue weighted by atomic mass is 10.1. The number of hydroxylamine groups is 1. The van der Waals surface area contributed by atoms with E-state index in [1.807, 2.05) is 0 Å². The molecule has 8 nitrogen and oxygen atoms in total. The zero-order valence-corrected chi connectivity index (χ0v) is 12.9. The molecule has 0 aromatic heterocycles. The second kappa shape index (κ2) is 8.66. The predicted octanol–water partition coefficient (Wildman–Crippen LogP) is 1.09. The maximum Gasteiger partial charge on any atom is 0.345 e. The molecule has 0 aliphatic heterocycles. The number of esters is 2. The van der Waals surface area contributed by atoms with Gasteiger partial charge >= 0.3 is 11.9 Å². The normalized spacial score (nSPS) is 12.7. The SMILES string of the molecule is COC(=O)C(=C/C(c1ccccc1)=[N+](\[O-])C(C)OO)C(=O)OC. The Labute approximate surface area is 132 Å². The van der Waals surface area contributed by atoms with Gasteiger partial charge in [0.2, 0.25) is 5.71 Å². The highest BCUT2D eigenvalue weighted by atomic mass is 17.1. The minimum absolute atomic E-state index is 0.0852. The number of benzene rings is 1. The van der Waals surface area contributed by atoms with Gasteiger partial charge in [-0.15, -0.1) is 0 Å². The van der Waals surface area contributed by atoms with Crippen molar-refractivity contribution in [3.63, 3.8) is 0 Å². The Balaban J connectivity index is 3.54. The van der Waals surface area contributed by atoms with Crippen molar-refractivity contribution in [2.45, 2.75) is 13.2 Å². The van der Waals surface area contributed by atoms with Gasteiger partial charge in [-0.05, 0) is 12.1 Å². The third-order valence-corrected chi connectivity index (χ3v) is 2.88. The quantitative estimate of drug-likeness (QED) is 0.0797. The lowest BCUT2D eigenvalue weighted by Gasteiger charge is -2.13. The van der Waals surface area contributed by atoms with Crippen molar-refractivity contribution >= 4 is 17.7 Å². The van der Waals surface area contributed by atoms with Gasteiger partial charge in [0.1, 0.15) is 0 Å². The third kappa shape index (κ3) is 4.63. The molecule has 1 aromatic rings. The lowest BCUT2D eigenvalue weighted by molar-refractivity contribution is -0.595. The first kappa shape index (κ1) is 18.3. The molecule has 1 atom stereocenters. The van der Waals surface area contributed by atoms with Crippen LogP contribution in [0.2, 0.25) is 0 Å². The molecule has 0 saturated heterocycles. The molecular weight excluding hydrogens is 306 g/mol. The van der Waals surface area contributed by atoms with Crippen LogP contribution in [-0.4, -0.2) is 48.1 Å². The van der Waals surface area contributed by atoms with Crippen LogP contribution in [-0.2, 0) is 24.0 Å². The van der Waals surface area contributed by atoms with Crippen LogP contribution < -0.4 is 0 Å². The van der Waals surface area contributed by atoms with Crippen LogP contribution in [0.15, 0.2) is 42.0 Å². The van der Waals surface area contributed by atoms with E-state index >= 15 is 0 Å². The highest BCUT2D eigenvalue weighted by Crippen LogP contribution is 2.09. The standard InChI is InChI=1S/C15H17NO7/c1-10(23-20)16(19)13(11-7-5-4-6-8-11)9-12(14(17)21-2)15(18)22-3/h4-10,20H,1-3H3/b16-13+. The number of ether oxygens (including phenoxy) is 2. The van der Waals surface area contributed by atoms with Crippen LogP contribution in [0.3, 0.4) is 0 Å². The maximum atomic E-state index is 12.3. The average molecular weight is 323 g/mol.